The predicted molar refractivity (Wildman–Crippen MR) is 129 cm³/mol. The zero-order valence-electron chi connectivity index (χ0n) is 19.6. The molecule has 9 heteroatoms. The van der Waals surface area contributed by atoms with E-state index in [2.05, 4.69) is 10.2 Å². The van der Waals surface area contributed by atoms with Gasteiger partial charge in [0.1, 0.15) is 0 Å². The second-order valence-electron chi connectivity index (χ2n) is 8.24. The molecule has 5 aromatic rings. The minimum Gasteiger partial charge on any atom is -0.493 e. The van der Waals surface area contributed by atoms with Crippen molar-refractivity contribution in [1.29, 1.82) is 0 Å². The third-order valence-electron chi connectivity index (χ3n) is 5.93. The van der Waals surface area contributed by atoms with E-state index >= 15 is 0 Å². The highest BCUT2D eigenvalue weighted by atomic mass is 16.5. The molecule has 0 aliphatic rings. The van der Waals surface area contributed by atoms with E-state index in [1.54, 1.807) is 18.8 Å². The lowest BCUT2D eigenvalue weighted by Crippen LogP contribution is -2.28. The number of aryl methyl sites for hydroxylation is 4. The van der Waals surface area contributed by atoms with Gasteiger partial charge in [-0.15, -0.1) is 5.10 Å². The van der Waals surface area contributed by atoms with E-state index < -0.39 is 0 Å². The molecule has 5 rings (SSSR count). The van der Waals surface area contributed by atoms with Crippen molar-refractivity contribution in [3.63, 3.8) is 0 Å². The average molecular weight is 459 g/mol. The van der Waals surface area contributed by atoms with Crippen molar-refractivity contribution in [3.05, 3.63) is 81.8 Å². The van der Waals surface area contributed by atoms with Crippen LogP contribution in [0, 0.1) is 13.8 Å². The summed E-state index contributed by atoms with van der Waals surface area (Å²) < 4.78 is 16.0. The summed E-state index contributed by atoms with van der Waals surface area (Å²) in [5, 5.41) is 9.84. The highest BCUT2D eigenvalue weighted by Crippen LogP contribution is 2.33. The molecule has 0 amide bonds. The summed E-state index contributed by atoms with van der Waals surface area (Å²) >= 11 is 0. The largest absolute Gasteiger partial charge is 0.493 e. The van der Waals surface area contributed by atoms with E-state index in [1.165, 1.54) is 4.52 Å². The minimum atomic E-state index is -0.261. The van der Waals surface area contributed by atoms with Crippen molar-refractivity contribution in [2.75, 3.05) is 14.2 Å². The molecule has 0 bridgehead atoms. The van der Waals surface area contributed by atoms with Crippen molar-refractivity contribution in [2.45, 2.75) is 33.4 Å². The van der Waals surface area contributed by atoms with Crippen LogP contribution >= 0.6 is 0 Å². The van der Waals surface area contributed by atoms with Gasteiger partial charge in [0.25, 0.3) is 0 Å². The van der Waals surface area contributed by atoms with Crippen LogP contribution in [0.5, 0.6) is 11.5 Å². The Balaban J connectivity index is 1.67. The van der Waals surface area contributed by atoms with Gasteiger partial charge >= 0.3 is 5.69 Å². The normalized spacial score (nSPS) is 11.4. The molecule has 0 spiro atoms. The standard InChI is InChI=1S/C25H26N6O3/c1-16-12-17(2)30(27-16)11-10-23-26-24-19-13-21(33-3)22(34-4)14-20(19)29(25(32)31(24)28-23)15-18-8-6-5-7-9-18/h5-9,12-14H,10-11,15H2,1-4H3. The monoisotopic (exact) mass is 458 g/mol. The van der Waals surface area contributed by atoms with E-state index in [-0.39, 0.29) is 5.69 Å². The van der Waals surface area contributed by atoms with E-state index in [0.29, 0.717) is 48.0 Å². The SMILES string of the molecule is COc1cc2c(cc1OC)n(Cc1ccccc1)c(=O)n1nc(CCn3nc(C)cc3C)nc21. The van der Waals surface area contributed by atoms with Crippen molar-refractivity contribution in [2.24, 2.45) is 0 Å². The predicted octanol–water partition coefficient (Wildman–Crippen LogP) is 3.17. The maximum Gasteiger partial charge on any atom is 0.351 e. The molecule has 34 heavy (non-hydrogen) atoms. The molecule has 0 saturated carbocycles. The number of benzene rings is 2. The Morgan fingerprint density at radius 2 is 1.68 bits per heavy atom. The van der Waals surface area contributed by atoms with Gasteiger partial charge in [0.15, 0.2) is 23.0 Å². The molecule has 3 heterocycles. The molecular weight excluding hydrogens is 432 g/mol. The fraction of sp³-hybridized carbons (Fsp3) is 0.280. The van der Waals surface area contributed by atoms with Crippen molar-refractivity contribution < 1.29 is 9.47 Å². The maximum atomic E-state index is 13.6. The third kappa shape index (κ3) is 3.79. The van der Waals surface area contributed by atoms with E-state index in [4.69, 9.17) is 14.5 Å². The second-order valence-corrected chi connectivity index (χ2v) is 8.24. The summed E-state index contributed by atoms with van der Waals surface area (Å²) in [4.78, 5) is 18.3. The Morgan fingerprint density at radius 3 is 2.35 bits per heavy atom. The molecule has 0 aliphatic heterocycles. The number of rotatable bonds is 7. The fourth-order valence-corrected chi connectivity index (χ4v) is 4.28. The molecule has 0 aliphatic carbocycles. The quantitative estimate of drug-likeness (QED) is 0.372. The van der Waals surface area contributed by atoms with Crippen LogP contribution < -0.4 is 15.2 Å². The van der Waals surface area contributed by atoms with Crippen LogP contribution in [-0.2, 0) is 19.5 Å². The second kappa shape index (κ2) is 8.66. The molecule has 174 valence electrons. The Bertz CT molecular complexity index is 1550. The van der Waals surface area contributed by atoms with Gasteiger partial charge in [-0.1, -0.05) is 30.3 Å². The van der Waals surface area contributed by atoms with Crippen LogP contribution in [-0.4, -0.2) is 43.2 Å². The summed E-state index contributed by atoms with van der Waals surface area (Å²) in [6, 6.07) is 15.6. The maximum absolute atomic E-state index is 13.6. The van der Waals surface area contributed by atoms with Crippen molar-refractivity contribution in [3.8, 4) is 11.5 Å². The lowest BCUT2D eigenvalue weighted by molar-refractivity contribution is 0.355. The molecule has 0 N–H and O–H groups in total. The Morgan fingerprint density at radius 1 is 0.941 bits per heavy atom. The number of hydrogen-bond donors (Lipinski definition) is 0. The molecule has 0 fully saturated rings. The zero-order valence-corrected chi connectivity index (χ0v) is 19.6. The molecule has 2 aromatic carbocycles. The fourth-order valence-electron chi connectivity index (χ4n) is 4.28. The number of nitrogens with zero attached hydrogens (tertiary/aromatic N) is 6. The molecule has 0 atom stereocenters. The van der Waals surface area contributed by atoms with Gasteiger partial charge in [-0.2, -0.15) is 9.61 Å². The van der Waals surface area contributed by atoms with E-state index in [1.807, 2.05) is 67.1 Å². The number of fused-ring (bicyclic) bond motifs is 3. The average Bonchev–Trinajstić information content (AvgIpc) is 3.42. The van der Waals surface area contributed by atoms with Gasteiger partial charge in [-0.25, -0.2) is 9.78 Å². The summed E-state index contributed by atoms with van der Waals surface area (Å²) in [5.41, 5.74) is 3.99. The van der Waals surface area contributed by atoms with Crippen molar-refractivity contribution >= 4 is 16.6 Å². The first-order chi connectivity index (χ1) is 16.5. The van der Waals surface area contributed by atoms with Gasteiger partial charge in [-0.05, 0) is 31.5 Å². The molecular formula is C25H26N6O3. The summed E-state index contributed by atoms with van der Waals surface area (Å²) in [7, 11) is 3.17. The third-order valence-corrected chi connectivity index (χ3v) is 5.93. The van der Waals surface area contributed by atoms with Crippen molar-refractivity contribution in [1.82, 2.24) is 28.9 Å². The smallest absolute Gasteiger partial charge is 0.351 e. The lowest BCUT2D eigenvalue weighted by atomic mass is 10.2. The summed E-state index contributed by atoms with van der Waals surface area (Å²) in [5.74, 6) is 1.69. The van der Waals surface area contributed by atoms with Crippen LogP contribution in [0.1, 0.15) is 22.8 Å². The summed E-state index contributed by atoms with van der Waals surface area (Å²) in [6.07, 6.45) is 0.552. The van der Waals surface area contributed by atoms with Gasteiger partial charge < -0.3 is 9.47 Å². The molecule has 0 radical (unpaired) electrons. The Kier molecular flexibility index (Phi) is 5.53. The van der Waals surface area contributed by atoms with Crippen LogP contribution in [0.15, 0.2) is 53.3 Å². The van der Waals surface area contributed by atoms with Crippen LogP contribution in [0.3, 0.4) is 0 Å². The Hall–Kier alpha value is -4.14. The topological polar surface area (TPSA) is 88.5 Å². The first-order valence-corrected chi connectivity index (χ1v) is 11.1. The number of aromatic nitrogens is 6. The highest BCUT2D eigenvalue weighted by molar-refractivity contribution is 5.94. The first kappa shape index (κ1) is 21.7. The van der Waals surface area contributed by atoms with Crippen LogP contribution in [0.25, 0.3) is 16.6 Å². The zero-order chi connectivity index (χ0) is 23.8. The van der Waals surface area contributed by atoms with E-state index in [9.17, 15) is 4.79 Å². The molecule has 9 nitrogen and oxygen atoms in total. The first-order valence-electron chi connectivity index (χ1n) is 11.1. The number of methoxy groups -OCH3 is 2. The Labute approximate surface area is 196 Å². The van der Waals surface area contributed by atoms with Gasteiger partial charge in [-0.3, -0.25) is 9.25 Å². The molecule has 3 aromatic heterocycles. The minimum absolute atomic E-state index is 0.261. The van der Waals surface area contributed by atoms with Gasteiger partial charge in [0, 0.05) is 30.1 Å². The van der Waals surface area contributed by atoms with Crippen LogP contribution in [0.2, 0.25) is 0 Å². The van der Waals surface area contributed by atoms with Crippen LogP contribution in [0.4, 0.5) is 0 Å². The van der Waals surface area contributed by atoms with Gasteiger partial charge in [0.05, 0.1) is 32.0 Å². The number of hydrogen-bond acceptors (Lipinski definition) is 6. The highest BCUT2D eigenvalue weighted by Gasteiger charge is 2.19. The number of ether oxygens (including phenoxy) is 2. The van der Waals surface area contributed by atoms with E-state index in [0.717, 1.165) is 22.3 Å². The molecule has 0 saturated heterocycles. The summed E-state index contributed by atoms with van der Waals surface area (Å²) in [6.45, 7) is 5.01. The van der Waals surface area contributed by atoms with Gasteiger partial charge in [0.2, 0.25) is 0 Å². The molecule has 0 unspecified atom stereocenters. The lowest BCUT2D eigenvalue weighted by Gasteiger charge is -2.14.